The summed E-state index contributed by atoms with van der Waals surface area (Å²) in [6.07, 6.45) is 0. The van der Waals surface area contributed by atoms with Crippen molar-refractivity contribution in [1.29, 1.82) is 0 Å². The molecule has 0 bridgehead atoms. The molecule has 2 aromatic carbocycles. The maximum atomic E-state index is 13.2. The standard InChI is InChI=1S/C16H15ClFNO2/c1-11(14-8-7-12(18)9-15(14)17)19(10-16(20)21)13-5-3-2-4-6-13/h2-9,11H,10H2,1H3,(H,20,21). The van der Waals surface area contributed by atoms with E-state index in [2.05, 4.69) is 0 Å². The Labute approximate surface area is 127 Å². The Balaban J connectivity index is 2.38. The summed E-state index contributed by atoms with van der Waals surface area (Å²) >= 11 is 6.08. The monoisotopic (exact) mass is 307 g/mol. The van der Waals surface area contributed by atoms with Gasteiger partial charge < -0.3 is 10.0 Å². The summed E-state index contributed by atoms with van der Waals surface area (Å²) in [7, 11) is 0. The number of benzene rings is 2. The van der Waals surface area contributed by atoms with Crippen LogP contribution >= 0.6 is 11.6 Å². The normalized spacial score (nSPS) is 12.0. The van der Waals surface area contributed by atoms with Gasteiger partial charge in [0.15, 0.2) is 0 Å². The summed E-state index contributed by atoms with van der Waals surface area (Å²) in [5.41, 5.74) is 1.45. The van der Waals surface area contributed by atoms with Crippen molar-refractivity contribution in [2.24, 2.45) is 0 Å². The van der Waals surface area contributed by atoms with Gasteiger partial charge in [0, 0.05) is 10.7 Å². The smallest absolute Gasteiger partial charge is 0.323 e. The van der Waals surface area contributed by atoms with Crippen LogP contribution in [0.25, 0.3) is 0 Å². The number of aliphatic carboxylic acids is 1. The third-order valence-corrected chi connectivity index (χ3v) is 3.60. The van der Waals surface area contributed by atoms with Crippen molar-refractivity contribution in [2.45, 2.75) is 13.0 Å². The lowest BCUT2D eigenvalue weighted by Gasteiger charge is -2.30. The van der Waals surface area contributed by atoms with Gasteiger partial charge in [0.25, 0.3) is 0 Å². The Kier molecular flexibility index (Phi) is 4.81. The van der Waals surface area contributed by atoms with Crippen molar-refractivity contribution in [3.63, 3.8) is 0 Å². The highest BCUT2D eigenvalue weighted by atomic mass is 35.5. The number of nitrogens with zero attached hydrogens (tertiary/aromatic N) is 1. The Morgan fingerprint density at radius 3 is 2.52 bits per heavy atom. The molecule has 5 heteroatoms. The average molecular weight is 308 g/mol. The van der Waals surface area contributed by atoms with Crippen LogP contribution < -0.4 is 4.90 Å². The van der Waals surface area contributed by atoms with Gasteiger partial charge in [-0.2, -0.15) is 0 Å². The Morgan fingerprint density at radius 2 is 1.95 bits per heavy atom. The molecule has 0 radical (unpaired) electrons. The van der Waals surface area contributed by atoms with Gasteiger partial charge in [-0.3, -0.25) is 4.79 Å². The molecule has 1 atom stereocenters. The van der Waals surface area contributed by atoms with Crippen LogP contribution in [0.5, 0.6) is 0 Å². The van der Waals surface area contributed by atoms with E-state index in [9.17, 15) is 9.18 Å². The van der Waals surface area contributed by atoms with E-state index in [1.807, 2.05) is 37.3 Å². The third kappa shape index (κ3) is 3.73. The molecule has 2 rings (SSSR count). The van der Waals surface area contributed by atoms with E-state index in [1.165, 1.54) is 12.1 Å². The third-order valence-electron chi connectivity index (χ3n) is 3.27. The summed E-state index contributed by atoms with van der Waals surface area (Å²) < 4.78 is 13.2. The average Bonchev–Trinajstić information content (AvgIpc) is 2.45. The summed E-state index contributed by atoms with van der Waals surface area (Å²) in [5.74, 6) is -1.36. The number of para-hydroxylation sites is 1. The highest BCUT2D eigenvalue weighted by Gasteiger charge is 2.21. The molecule has 0 aromatic heterocycles. The first kappa shape index (κ1) is 15.3. The van der Waals surface area contributed by atoms with Gasteiger partial charge in [-0.25, -0.2) is 4.39 Å². The van der Waals surface area contributed by atoms with Crippen LogP contribution in [-0.2, 0) is 4.79 Å². The topological polar surface area (TPSA) is 40.5 Å². The zero-order valence-electron chi connectivity index (χ0n) is 11.5. The van der Waals surface area contributed by atoms with Gasteiger partial charge in [0.2, 0.25) is 0 Å². The van der Waals surface area contributed by atoms with Crippen LogP contribution in [-0.4, -0.2) is 17.6 Å². The number of hydrogen-bond donors (Lipinski definition) is 1. The molecule has 0 aliphatic rings. The highest BCUT2D eigenvalue weighted by Crippen LogP contribution is 2.31. The Hall–Kier alpha value is -2.07. The van der Waals surface area contributed by atoms with E-state index in [0.717, 1.165) is 5.69 Å². The lowest BCUT2D eigenvalue weighted by molar-refractivity contribution is -0.135. The molecule has 2 aromatic rings. The minimum Gasteiger partial charge on any atom is -0.480 e. The molecule has 1 N–H and O–H groups in total. The van der Waals surface area contributed by atoms with Crippen LogP contribution in [0.1, 0.15) is 18.5 Å². The van der Waals surface area contributed by atoms with Crippen molar-refractivity contribution >= 4 is 23.3 Å². The fourth-order valence-corrected chi connectivity index (χ4v) is 2.55. The van der Waals surface area contributed by atoms with Gasteiger partial charge in [-0.05, 0) is 36.8 Å². The first-order valence-corrected chi connectivity index (χ1v) is 6.85. The van der Waals surface area contributed by atoms with Gasteiger partial charge in [-0.15, -0.1) is 0 Å². The molecule has 0 heterocycles. The molecule has 0 saturated carbocycles. The van der Waals surface area contributed by atoms with Gasteiger partial charge in [-0.1, -0.05) is 35.9 Å². The number of hydrogen-bond acceptors (Lipinski definition) is 2. The molecule has 1 unspecified atom stereocenters. The first-order chi connectivity index (χ1) is 9.99. The SMILES string of the molecule is CC(c1ccc(F)cc1Cl)N(CC(=O)O)c1ccccc1. The summed E-state index contributed by atoms with van der Waals surface area (Å²) in [6.45, 7) is 1.67. The van der Waals surface area contributed by atoms with E-state index >= 15 is 0 Å². The molecule has 3 nitrogen and oxygen atoms in total. The zero-order chi connectivity index (χ0) is 15.4. The van der Waals surface area contributed by atoms with Crippen LogP contribution in [0.2, 0.25) is 5.02 Å². The minimum absolute atomic E-state index is 0.168. The van der Waals surface area contributed by atoms with Crippen LogP contribution in [0, 0.1) is 5.82 Å². The van der Waals surface area contributed by atoms with Gasteiger partial charge >= 0.3 is 5.97 Å². The van der Waals surface area contributed by atoms with Crippen molar-refractivity contribution in [3.05, 3.63) is 64.9 Å². The second-order valence-electron chi connectivity index (χ2n) is 4.70. The highest BCUT2D eigenvalue weighted by molar-refractivity contribution is 6.31. The van der Waals surface area contributed by atoms with Crippen molar-refractivity contribution in [1.82, 2.24) is 0 Å². The number of halogens is 2. The number of anilines is 1. The predicted molar refractivity (Wildman–Crippen MR) is 81.2 cm³/mol. The molecule has 0 spiro atoms. The maximum Gasteiger partial charge on any atom is 0.323 e. The van der Waals surface area contributed by atoms with Crippen molar-refractivity contribution in [3.8, 4) is 0 Å². The number of rotatable bonds is 5. The Bertz CT molecular complexity index is 633. The summed E-state index contributed by atoms with van der Waals surface area (Å²) in [4.78, 5) is 12.8. The van der Waals surface area contributed by atoms with Crippen LogP contribution in [0.4, 0.5) is 10.1 Å². The second-order valence-corrected chi connectivity index (χ2v) is 5.11. The summed E-state index contributed by atoms with van der Waals surface area (Å²) in [5, 5.41) is 9.41. The maximum absolute atomic E-state index is 13.2. The Morgan fingerprint density at radius 1 is 1.29 bits per heavy atom. The fourth-order valence-electron chi connectivity index (χ4n) is 2.23. The van der Waals surface area contributed by atoms with Crippen LogP contribution in [0.3, 0.4) is 0 Å². The largest absolute Gasteiger partial charge is 0.480 e. The van der Waals surface area contributed by atoms with Crippen molar-refractivity contribution < 1.29 is 14.3 Å². The fraction of sp³-hybridized carbons (Fsp3) is 0.188. The molecule has 21 heavy (non-hydrogen) atoms. The molecular weight excluding hydrogens is 293 g/mol. The van der Waals surface area contributed by atoms with Crippen molar-refractivity contribution in [2.75, 3.05) is 11.4 Å². The zero-order valence-corrected chi connectivity index (χ0v) is 12.2. The quantitative estimate of drug-likeness (QED) is 0.903. The first-order valence-electron chi connectivity index (χ1n) is 6.47. The lowest BCUT2D eigenvalue weighted by Crippen LogP contribution is -2.32. The molecule has 0 aliphatic carbocycles. The lowest BCUT2D eigenvalue weighted by atomic mass is 10.1. The van der Waals surface area contributed by atoms with E-state index in [1.54, 1.807) is 11.0 Å². The molecule has 0 aliphatic heterocycles. The van der Waals surface area contributed by atoms with E-state index in [4.69, 9.17) is 16.7 Å². The van der Waals surface area contributed by atoms with E-state index in [0.29, 0.717) is 5.56 Å². The molecule has 110 valence electrons. The number of carboxylic acids is 1. The number of carboxylic acid groups (broad SMARTS) is 1. The molecule has 0 saturated heterocycles. The minimum atomic E-state index is -0.941. The number of carbonyl (C=O) groups is 1. The second kappa shape index (κ2) is 6.59. The van der Waals surface area contributed by atoms with Crippen LogP contribution in [0.15, 0.2) is 48.5 Å². The van der Waals surface area contributed by atoms with Gasteiger partial charge in [0.1, 0.15) is 12.4 Å². The molecular formula is C16H15ClFNO2. The predicted octanol–water partition coefficient (Wildman–Crippen LogP) is 4.13. The molecule has 0 amide bonds. The van der Waals surface area contributed by atoms with E-state index < -0.39 is 11.8 Å². The van der Waals surface area contributed by atoms with Gasteiger partial charge in [0.05, 0.1) is 6.04 Å². The van der Waals surface area contributed by atoms with E-state index in [-0.39, 0.29) is 17.6 Å². The summed E-state index contributed by atoms with van der Waals surface area (Å²) in [6, 6.07) is 13.0. The molecule has 0 fully saturated rings.